The van der Waals surface area contributed by atoms with Gasteiger partial charge in [0.05, 0.1) is 12.6 Å². The minimum Gasteiger partial charge on any atom is -0.386 e. The van der Waals surface area contributed by atoms with Crippen LogP contribution in [-0.2, 0) is 0 Å². The van der Waals surface area contributed by atoms with E-state index in [2.05, 4.69) is 27.0 Å². The number of hydrogen-bond acceptors (Lipinski definition) is 3. The molecule has 0 aromatic heterocycles. The molecular formula is C19H29FN4O. The molecule has 3 rings (SSSR count). The van der Waals surface area contributed by atoms with Gasteiger partial charge in [0.15, 0.2) is 5.96 Å². The second-order valence-electron chi connectivity index (χ2n) is 6.89. The third-order valence-corrected chi connectivity index (χ3v) is 5.12. The van der Waals surface area contributed by atoms with Crippen LogP contribution in [0.5, 0.6) is 0 Å². The molecule has 2 fully saturated rings. The summed E-state index contributed by atoms with van der Waals surface area (Å²) in [6.45, 7) is 7.57. The van der Waals surface area contributed by atoms with Gasteiger partial charge in [0, 0.05) is 25.7 Å². The van der Waals surface area contributed by atoms with Crippen molar-refractivity contribution in [3.8, 4) is 0 Å². The van der Waals surface area contributed by atoms with Crippen molar-refractivity contribution < 1.29 is 9.50 Å². The molecule has 0 saturated carbocycles. The summed E-state index contributed by atoms with van der Waals surface area (Å²) in [5, 5.41) is 13.6. The molecule has 0 aliphatic carbocycles. The third kappa shape index (κ3) is 4.70. The quantitative estimate of drug-likeness (QED) is 0.631. The molecule has 0 spiro atoms. The van der Waals surface area contributed by atoms with Gasteiger partial charge in [-0.25, -0.2) is 4.39 Å². The highest BCUT2D eigenvalue weighted by molar-refractivity contribution is 5.80. The van der Waals surface area contributed by atoms with Crippen molar-refractivity contribution in [2.45, 2.75) is 38.3 Å². The maximum Gasteiger partial charge on any atom is 0.194 e. The molecule has 2 N–H and O–H groups in total. The van der Waals surface area contributed by atoms with Crippen molar-refractivity contribution in [3.05, 3.63) is 35.6 Å². The summed E-state index contributed by atoms with van der Waals surface area (Å²) in [6, 6.07) is 6.58. The fourth-order valence-electron chi connectivity index (χ4n) is 3.73. The lowest BCUT2D eigenvalue weighted by molar-refractivity contribution is 0.186. The van der Waals surface area contributed by atoms with E-state index >= 15 is 0 Å². The smallest absolute Gasteiger partial charge is 0.194 e. The maximum atomic E-state index is 13.0. The molecule has 2 unspecified atom stereocenters. The molecule has 1 aromatic carbocycles. The van der Waals surface area contributed by atoms with E-state index in [1.54, 1.807) is 12.1 Å². The molecule has 138 valence electrons. The van der Waals surface area contributed by atoms with Crippen molar-refractivity contribution in [1.82, 2.24) is 15.1 Å². The fourth-order valence-corrected chi connectivity index (χ4v) is 3.73. The molecule has 0 bridgehead atoms. The average molecular weight is 348 g/mol. The highest BCUT2D eigenvalue weighted by Gasteiger charge is 2.30. The Balaban J connectivity index is 1.60. The SMILES string of the molecule is CCNC(=NCC(O)c1ccc(F)cc1)N1CCC(N2CCCC2)C1. The topological polar surface area (TPSA) is 51.1 Å². The Morgan fingerprint density at radius 2 is 2.00 bits per heavy atom. The van der Waals surface area contributed by atoms with E-state index in [1.807, 2.05) is 0 Å². The summed E-state index contributed by atoms with van der Waals surface area (Å²) in [5.74, 6) is 0.572. The minimum absolute atomic E-state index is 0.277. The summed E-state index contributed by atoms with van der Waals surface area (Å²) < 4.78 is 13.0. The molecule has 2 aliphatic rings. The van der Waals surface area contributed by atoms with E-state index in [0.717, 1.165) is 25.6 Å². The number of likely N-dealkylation sites (tertiary alicyclic amines) is 2. The Morgan fingerprint density at radius 3 is 2.68 bits per heavy atom. The van der Waals surface area contributed by atoms with Crippen molar-refractivity contribution >= 4 is 5.96 Å². The number of guanidine groups is 1. The van der Waals surface area contributed by atoms with Crippen LogP contribution in [-0.4, -0.2) is 66.2 Å². The van der Waals surface area contributed by atoms with Crippen molar-refractivity contribution in [2.75, 3.05) is 39.3 Å². The van der Waals surface area contributed by atoms with Gasteiger partial charge in [-0.05, 0) is 57.0 Å². The first-order valence-corrected chi connectivity index (χ1v) is 9.38. The van der Waals surface area contributed by atoms with E-state index in [4.69, 9.17) is 0 Å². The molecule has 2 saturated heterocycles. The highest BCUT2D eigenvalue weighted by atomic mass is 19.1. The number of halogens is 1. The van der Waals surface area contributed by atoms with Gasteiger partial charge >= 0.3 is 0 Å². The zero-order valence-corrected chi connectivity index (χ0v) is 15.0. The van der Waals surface area contributed by atoms with Gasteiger partial charge in [0.2, 0.25) is 0 Å². The lowest BCUT2D eigenvalue weighted by Gasteiger charge is -2.25. The second-order valence-corrected chi connectivity index (χ2v) is 6.89. The van der Waals surface area contributed by atoms with Gasteiger partial charge in [0.25, 0.3) is 0 Å². The number of nitrogens with one attached hydrogen (secondary N) is 1. The van der Waals surface area contributed by atoms with Crippen LogP contribution in [0.15, 0.2) is 29.3 Å². The van der Waals surface area contributed by atoms with Gasteiger partial charge < -0.3 is 15.3 Å². The summed E-state index contributed by atoms with van der Waals surface area (Å²) in [6.07, 6.45) is 3.08. The predicted octanol–water partition coefficient (Wildman–Crippen LogP) is 1.99. The minimum atomic E-state index is -0.716. The molecule has 0 radical (unpaired) electrons. The molecule has 2 heterocycles. The van der Waals surface area contributed by atoms with Crippen LogP contribution in [0.25, 0.3) is 0 Å². The highest BCUT2D eigenvalue weighted by Crippen LogP contribution is 2.21. The molecule has 2 atom stereocenters. The summed E-state index contributed by atoms with van der Waals surface area (Å²) >= 11 is 0. The lowest BCUT2D eigenvalue weighted by Crippen LogP contribution is -2.43. The Kier molecular flexibility index (Phi) is 6.26. The molecular weight excluding hydrogens is 319 g/mol. The van der Waals surface area contributed by atoms with Crippen LogP contribution in [0.2, 0.25) is 0 Å². The first-order valence-electron chi connectivity index (χ1n) is 9.38. The molecule has 5 nitrogen and oxygen atoms in total. The van der Waals surface area contributed by atoms with E-state index in [-0.39, 0.29) is 12.4 Å². The summed E-state index contributed by atoms with van der Waals surface area (Å²) in [7, 11) is 0. The lowest BCUT2D eigenvalue weighted by atomic mass is 10.1. The monoisotopic (exact) mass is 348 g/mol. The Morgan fingerprint density at radius 1 is 1.28 bits per heavy atom. The van der Waals surface area contributed by atoms with Gasteiger partial charge in [0.1, 0.15) is 5.82 Å². The zero-order chi connectivity index (χ0) is 17.6. The number of aliphatic imine (C=N–C) groups is 1. The maximum absolute atomic E-state index is 13.0. The van der Waals surface area contributed by atoms with E-state index < -0.39 is 6.10 Å². The van der Waals surface area contributed by atoms with Crippen LogP contribution in [0, 0.1) is 5.82 Å². The van der Waals surface area contributed by atoms with Gasteiger partial charge in [-0.15, -0.1) is 0 Å². The largest absolute Gasteiger partial charge is 0.386 e. The van der Waals surface area contributed by atoms with E-state index in [1.165, 1.54) is 44.5 Å². The number of hydrogen-bond donors (Lipinski definition) is 2. The van der Waals surface area contributed by atoms with Gasteiger partial charge in [-0.3, -0.25) is 9.89 Å². The normalized spacial score (nSPS) is 23.2. The van der Waals surface area contributed by atoms with Crippen molar-refractivity contribution in [1.29, 1.82) is 0 Å². The standard InChI is InChI=1S/C19H29FN4O/c1-2-21-19(22-13-18(25)15-5-7-16(20)8-6-15)24-12-9-17(14-24)23-10-3-4-11-23/h5-8,17-18,25H,2-4,9-14H2,1H3,(H,21,22). The molecule has 0 amide bonds. The van der Waals surface area contributed by atoms with Crippen LogP contribution >= 0.6 is 0 Å². The number of aliphatic hydroxyl groups is 1. The van der Waals surface area contributed by atoms with Crippen molar-refractivity contribution in [3.63, 3.8) is 0 Å². The van der Waals surface area contributed by atoms with E-state index in [0.29, 0.717) is 11.6 Å². The third-order valence-electron chi connectivity index (χ3n) is 5.12. The number of nitrogens with zero attached hydrogens (tertiary/aromatic N) is 3. The van der Waals surface area contributed by atoms with Crippen LogP contribution in [0.4, 0.5) is 4.39 Å². The van der Waals surface area contributed by atoms with Crippen molar-refractivity contribution in [2.24, 2.45) is 4.99 Å². The second kappa shape index (κ2) is 8.63. The van der Waals surface area contributed by atoms with Crippen LogP contribution in [0.1, 0.15) is 37.9 Å². The number of rotatable bonds is 5. The number of aliphatic hydroxyl groups excluding tert-OH is 1. The molecule has 1 aromatic rings. The Hall–Kier alpha value is -1.66. The zero-order valence-electron chi connectivity index (χ0n) is 15.0. The van der Waals surface area contributed by atoms with Gasteiger partial charge in [-0.2, -0.15) is 0 Å². The molecule has 6 heteroatoms. The predicted molar refractivity (Wildman–Crippen MR) is 98.1 cm³/mol. The number of benzene rings is 1. The molecule has 25 heavy (non-hydrogen) atoms. The summed E-state index contributed by atoms with van der Waals surface area (Å²) in [4.78, 5) is 9.51. The first kappa shape index (κ1) is 18.1. The Bertz CT molecular complexity index is 571. The summed E-state index contributed by atoms with van der Waals surface area (Å²) in [5.41, 5.74) is 0.692. The fraction of sp³-hybridized carbons (Fsp3) is 0.632. The van der Waals surface area contributed by atoms with E-state index in [9.17, 15) is 9.50 Å². The van der Waals surface area contributed by atoms with Crippen LogP contribution in [0.3, 0.4) is 0 Å². The molecule has 2 aliphatic heterocycles. The van der Waals surface area contributed by atoms with Gasteiger partial charge in [-0.1, -0.05) is 12.1 Å². The van der Waals surface area contributed by atoms with Crippen LogP contribution < -0.4 is 5.32 Å². The average Bonchev–Trinajstić information content (AvgIpc) is 3.30. The first-order chi connectivity index (χ1) is 12.2. The Labute approximate surface area is 149 Å².